The highest BCUT2D eigenvalue weighted by atomic mass is 35.5. The molecular weight excluding hydrogens is 463 g/mol. The molecule has 0 spiro atoms. The van der Waals surface area contributed by atoms with E-state index in [0.29, 0.717) is 5.69 Å². The minimum Gasteiger partial charge on any atom is -0.274 e. The molecule has 1 aliphatic heterocycles. The van der Waals surface area contributed by atoms with Crippen molar-refractivity contribution >= 4 is 87.1 Å². The number of allylic oxidation sites excluding steroid dienone is 2. The highest BCUT2D eigenvalue weighted by Gasteiger charge is 2.87. The molecule has 0 aromatic heterocycles. The van der Waals surface area contributed by atoms with E-state index in [1.807, 2.05) is 32.0 Å². The van der Waals surface area contributed by atoms with Gasteiger partial charge in [0.15, 0.2) is 4.33 Å². The summed E-state index contributed by atoms with van der Waals surface area (Å²) in [5, 5.41) is -0.182. The number of nitrogens with zero attached hydrogens (tertiary/aromatic N) is 1. The number of rotatable bonds is 1. The van der Waals surface area contributed by atoms with E-state index in [1.165, 1.54) is 0 Å². The second-order valence-corrected chi connectivity index (χ2v) is 10.1. The van der Waals surface area contributed by atoms with Gasteiger partial charge in [0.05, 0.1) is 27.6 Å². The summed E-state index contributed by atoms with van der Waals surface area (Å²) in [6, 6.07) is 5.46. The maximum Gasteiger partial charge on any atom is 0.240 e. The van der Waals surface area contributed by atoms with Crippen LogP contribution in [0.5, 0.6) is 0 Å². The minimum atomic E-state index is -1.91. The fourth-order valence-corrected chi connectivity index (χ4v) is 7.30. The first-order chi connectivity index (χ1) is 11.9. The molecule has 9 heteroatoms. The molecule has 2 amide bonds. The molecule has 4 atom stereocenters. The number of carbonyl (C=O) groups is 2. The molecule has 3 nitrogen and oxygen atoms in total. The average molecular weight is 474 g/mol. The fraction of sp³-hybridized carbons (Fsp3) is 0.412. The first-order valence-electron chi connectivity index (χ1n) is 7.70. The number of benzene rings is 1. The Morgan fingerprint density at radius 2 is 1.23 bits per heavy atom. The van der Waals surface area contributed by atoms with Crippen LogP contribution < -0.4 is 4.90 Å². The van der Waals surface area contributed by atoms with Gasteiger partial charge in [0.1, 0.15) is 9.75 Å². The van der Waals surface area contributed by atoms with Gasteiger partial charge < -0.3 is 0 Å². The molecule has 0 radical (unpaired) electrons. The maximum atomic E-state index is 13.3. The van der Waals surface area contributed by atoms with Crippen molar-refractivity contribution in [2.45, 2.75) is 27.9 Å². The van der Waals surface area contributed by atoms with E-state index in [-0.39, 0.29) is 10.1 Å². The molecule has 0 N–H and O–H groups in total. The standard InChI is InChI=1S/C17H11Cl6NO2/c1-6-4-3-5-7(2)10(6)24-13(25)8-9(14(24)26)16(21)12(19)11(18)15(8,20)17(16,22)23/h3-5,8-9H,1-2H3/t8-,9-,15-,16-/m0/s1. The molecule has 1 heterocycles. The largest absolute Gasteiger partial charge is 0.274 e. The lowest BCUT2D eigenvalue weighted by Gasteiger charge is -2.34. The van der Waals surface area contributed by atoms with Crippen LogP contribution in [0.1, 0.15) is 11.1 Å². The summed E-state index contributed by atoms with van der Waals surface area (Å²) < 4.78 is -1.91. The van der Waals surface area contributed by atoms with E-state index in [4.69, 9.17) is 69.6 Å². The topological polar surface area (TPSA) is 37.4 Å². The van der Waals surface area contributed by atoms with E-state index < -0.39 is 37.7 Å². The molecule has 1 saturated heterocycles. The summed E-state index contributed by atoms with van der Waals surface area (Å²) >= 11 is 38.9. The minimum absolute atomic E-state index is 0.0911. The number of hydrogen-bond acceptors (Lipinski definition) is 2. The third-order valence-electron chi connectivity index (χ3n) is 5.57. The van der Waals surface area contributed by atoms with Crippen LogP contribution in [0.15, 0.2) is 28.3 Å². The molecule has 1 aromatic carbocycles. The predicted octanol–water partition coefficient (Wildman–Crippen LogP) is 5.25. The quantitative estimate of drug-likeness (QED) is 0.412. The smallest absolute Gasteiger partial charge is 0.240 e. The number of anilines is 1. The van der Waals surface area contributed by atoms with E-state index in [0.717, 1.165) is 16.0 Å². The molecule has 138 valence electrons. The van der Waals surface area contributed by atoms with Gasteiger partial charge in [-0.25, -0.2) is 4.90 Å². The zero-order valence-electron chi connectivity index (χ0n) is 13.4. The zero-order chi connectivity index (χ0) is 19.4. The number of halogens is 6. The van der Waals surface area contributed by atoms with Crippen LogP contribution in [0.3, 0.4) is 0 Å². The van der Waals surface area contributed by atoms with Crippen molar-refractivity contribution in [1.29, 1.82) is 0 Å². The SMILES string of the molecule is Cc1cccc(C)c1N1C(=O)[C@@H]2[C@@H](C1=O)[C@]1(Cl)C(Cl)=C(Cl)[C@]2(Cl)C1(Cl)Cl. The molecular formula is C17H11Cl6NO2. The summed E-state index contributed by atoms with van der Waals surface area (Å²) in [5.74, 6) is -3.30. The van der Waals surface area contributed by atoms with Gasteiger partial charge in [-0.3, -0.25) is 9.59 Å². The summed E-state index contributed by atoms with van der Waals surface area (Å²) in [5.41, 5.74) is 2.03. The van der Waals surface area contributed by atoms with Crippen molar-refractivity contribution in [2.24, 2.45) is 11.8 Å². The van der Waals surface area contributed by atoms with E-state index in [9.17, 15) is 9.59 Å². The summed E-state index contributed by atoms with van der Waals surface area (Å²) in [6.07, 6.45) is 0. The fourth-order valence-electron chi connectivity index (χ4n) is 4.37. The van der Waals surface area contributed by atoms with E-state index in [1.54, 1.807) is 0 Å². The number of aryl methyl sites for hydroxylation is 2. The predicted molar refractivity (Wildman–Crippen MR) is 106 cm³/mol. The van der Waals surface area contributed by atoms with Crippen molar-refractivity contribution < 1.29 is 9.59 Å². The lowest BCUT2D eigenvalue weighted by Crippen LogP contribution is -2.50. The number of fused-ring (bicyclic) bond motifs is 5. The van der Waals surface area contributed by atoms with E-state index in [2.05, 4.69) is 0 Å². The Labute approximate surface area is 180 Å². The Hall–Kier alpha value is -0.160. The Bertz CT molecular complexity index is 862. The molecule has 4 rings (SSSR count). The van der Waals surface area contributed by atoms with E-state index >= 15 is 0 Å². The van der Waals surface area contributed by atoms with Gasteiger partial charge in [-0.15, -0.1) is 23.2 Å². The molecule has 2 bridgehead atoms. The van der Waals surface area contributed by atoms with Crippen LogP contribution in [0.25, 0.3) is 0 Å². The Kier molecular flexibility index (Phi) is 4.03. The van der Waals surface area contributed by atoms with Crippen molar-refractivity contribution in [3.05, 3.63) is 39.4 Å². The lowest BCUT2D eigenvalue weighted by molar-refractivity contribution is -0.123. The van der Waals surface area contributed by atoms with Crippen LogP contribution in [-0.2, 0) is 9.59 Å². The lowest BCUT2D eigenvalue weighted by atomic mass is 9.84. The van der Waals surface area contributed by atoms with Crippen molar-refractivity contribution in [3.8, 4) is 0 Å². The number of amides is 2. The van der Waals surface area contributed by atoms with Gasteiger partial charge in [-0.05, 0) is 25.0 Å². The number of carbonyl (C=O) groups excluding carboxylic acids is 2. The molecule has 2 fully saturated rings. The van der Waals surface area contributed by atoms with Gasteiger partial charge in [-0.1, -0.05) is 64.6 Å². The summed E-state index contributed by atoms with van der Waals surface area (Å²) in [4.78, 5) is 24.2. The van der Waals surface area contributed by atoms with Gasteiger partial charge in [-0.2, -0.15) is 0 Å². The van der Waals surface area contributed by atoms with Crippen LogP contribution in [-0.4, -0.2) is 25.9 Å². The second-order valence-electron chi connectivity index (χ2n) is 6.83. The normalized spacial score (nSPS) is 37.8. The number of alkyl halides is 4. The van der Waals surface area contributed by atoms with Crippen molar-refractivity contribution in [3.63, 3.8) is 0 Å². The maximum absolute atomic E-state index is 13.3. The highest BCUT2D eigenvalue weighted by molar-refractivity contribution is 6.67. The van der Waals surface area contributed by atoms with Crippen LogP contribution >= 0.6 is 69.6 Å². The molecule has 26 heavy (non-hydrogen) atoms. The first-order valence-corrected chi connectivity index (χ1v) is 9.96. The van der Waals surface area contributed by atoms with Gasteiger partial charge in [0.2, 0.25) is 11.8 Å². The molecule has 1 saturated carbocycles. The zero-order valence-corrected chi connectivity index (χ0v) is 18.0. The molecule has 0 unspecified atom stereocenters. The van der Waals surface area contributed by atoms with Crippen molar-refractivity contribution in [1.82, 2.24) is 0 Å². The third-order valence-corrected chi connectivity index (χ3v) is 9.83. The first kappa shape index (κ1) is 19.2. The molecule has 2 aliphatic carbocycles. The van der Waals surface area contributed by atoms with Gasteiger partial charge in [0, 0.05) is 0 Å². The number of hydrogen-bond donors (Lipinski definition) is 0. The second kappa shape index (κ2) is 5.46. The van der Waals surface area contributed by atoms with Crippen molar-refractivity contribution in [2.75, 3.05) is 4.90 Å². The Morgan fingerprint density at radius 1 is 0.846 bits per heavy atom. The third kappa shape index (κ3) is 1.77. The Morgan fingerprint density at radius 3 is 1.62 bits per heavy atom. The summed E-state index contributed by atoms with van der Waals surface area (Å²) in [7, 11) is 0. The van der Waals surface area contributed by atoms with Crippen LogP contribution in [0, 0.1) is 25.7 Å². The Balaban J connectivity index is 1.96. The molecule has 3 aliphatic rings. The average Bonchev–Trinajstić information content (AvgIpc) is 2.94. The molecule has 1 aromatic rings. The number of para-hydroxylation sites is 1. The highest BCUT2D eigenvalue weighted by Crippen LogP contribution is 2.77. The summed E-state index contributed by atoms with van der Waals surface area (Å²) in [6.45, 7) is 3.62. The van der Waals surface area contributed by atoms with Crippen LogP contribution in [0.4, 0.5) is 5.69 Å². The van der Waals surface area contributed by atoms with Gasteiger partial charge >= 0.3 is 0 Å². The monoisotopic (exact) mass is 471 g/mol. The van der Waals surface area contributed by atoms with Gasteiger partial charge in [0.25, 0.3) is 0 Å². The van der Waals surface area contributed by atoms with Crippen LogP contribution in [0.2, 0.25) is 0 Å². The number of imide groups is 1.